The molecule has 2 amide bonds. The fraction of sp³-hybridized carbons (Fsp3) is 0.714. The Kier molecular flexibility index (Phi) is 4.93. The van der Waals surface area contributed by atoms with Gasteiger partial charge in [0.1, 0.15) is 12.1 Å². The molecule has 1 N–H and O–H groups in total. The van der Waals surface area contributed by atoms with Gasteiger partial charge in [-0.05, 0) is 12.3 Å². The van der Waals surface area contributed by atoms with Crippen LogP contribution in [0.3, 0.4) is 0 Å². The Bertz CT molecular complexity index is 488. The summed E-state index contributed by atoms with van der Waals surface area (Å²) < 4.78 is 4.69. The summed E-state index contributed by atoms with van der Waals surface area (Å²) in [5, 5.41) is 6.60. The highest BCUT2D eigenvalue weighted by Gasteiger charge is 2.41. The minimum Gasteiger partial charge on any atom is -0.343 e. The van der Waals surface area contributed by atoms with Gasteiger partial charge >= 0.3 is 0 Å². The van der Waals surface area contributed by atoms with Crippen LogP contribution < -0.4 is 5.32 Å². The van der Waals surface area contributed by atoms with Crippen molar-refractivity contribution in [2.45, 2.75) is 52.1 Å². The number of hydrogen-bond acceptors (Lipinski definition) is 5. The molecule has 7 heteroatoms. The average molecular weight is 294 g/mol. The second-order valence-corrected chi connectivity index (χ2v) is 5.42. The molecule has 1 aromatic heterocycles. The van der Waals surface area contributed by atoms with Crippen molar-refractivity contribution < 1.29 is 14.1 Å². The monoisotopic (exact) mass is 294 g/mol. The SMILES string of the molecule is CCC(C)C1NC(=O)C(CC)N(CCc2ncon2)C1=O. The number of nitrogens with one attached hydrogen (secondary N) is 1. The molecule has 21 heavy (non-hydrogen) atoms. The molecule has 0 radical (unpaired) electrons. The van der Waals surface area contributed by atoms with Gasteiger partial charge in [-0.2, -0.15) is 4.98 Å². The molecule has 3 unspecified atom stereocenters. The topological polar surface area (TPSA) is 88.3 Å². The Morgan fingerprint density at radius 1 is 1.43 bits per heavy atom. The van der Waals surface area contributed by atoms with Crippen molar-refractivity contribution in [3.8, 4) is 0 Å². The van der Waals surface area contributed by atoms with E-state index in [1.807, 2.05) is 20.8 Å². The molecule has 2 heterocycles. The molecule has 1 fully saturated rings. The zero-order valence-electron chi connectivity index (χ0n) is 12.7. The van der Waals surface area contributed by atoms with E-state index in [9.17, 15) is 9.59 Å². The van der Waals surface area contributed by atoms with E-state index in [4.69, 9.17) is 0 Å². The van der Waals surface area contributed by atoms with Crippen LogP contribution in [-0.2, 0) is 16.0 Å². The molecule has 1 aliphatic rings. The van der Waals surface area contributed by atoms with E-state index in [1.54, 1.807) is 4.90 Å². The average Bonchev–Trinajstić information content (AvgIpc) is 3.00. The van der Waals surface area contributed by atoms with Crippen LogP contribution in [0.15, 0.2) is 10.9 Å². The van der Waals surface area contributed by atoms with E-state index in [0.717, 1.165) is 6.42 Å². The summed E-state index contributed by atoms with van der Waals surface area (Å²) >= 11 is 0. The smallest absolute Gasteiger partial charge is 0.246 e. The van der Waals surface area contributed by atoms with Gasteiger partial charge < -0.3 is 14.7 Å². The Morgan fingerprint density at radius 3 is 2.76 bits per heavy atom. The number of amides is 2. The van der Waals surface area contributed by atoms with Crippen molar-refractivity contribution in [1.29, 1.82) is 0 Å². The maximum atomic E-state index is 12.6. The van der Waals surface area contributed by atoms with Gasteiger partial charge in [0.25, 0.3) is 0 Å². The van der Waals surface area contributed by atoms with Crippen LogP contribution >= 0.6 is 0 Å². The molecule has 2 rings (SSSR count). The zero-order chi connectivity index (χ0) is 15.4. The Labute approximate surface area is 124 Å². The van der Waals surface area contributed by atoms with E-state index >= 15 is 0 Å². The Morgan fingerprint density at radius 2 is 2.19 bits per heavy atom. The van der Waals surface area contributed by atoms with Gasteiger partial charge in [-0.15, -0.1) is 0 Å². The Balaban J connectivity index is 2.12. The molecule has 1 aromatic rings. The van der Waals surface area contributed by atoms with E-state index < -0.39 is 12.1 Å². The first-order valence-corrected chi connectivity index (χ1v) is 7.44. The summed E-state index contributed by atoms with van der Waals surface area (Å²) in [7, 11) is 0. The lowest BCUT2D eigenvalue weighted by atomic mass is 9.93. The van der Waals surface area contributed by atoms with Crippen LogP contribution in [0.5, 0.6) is 0 Å². The van der Waals surface area contributed by atoms with E-state index in [1.165, 1.54) is 6.39 Å². The third kappa shape index (κ3) is 3.22. The first kappa shape index (κ1) is 15.5. The molecule has 0 saturated carbocycles. The molecule has 116 valence electrons. The standard InChI is InChI=1S/C14H22N4O3/c1-4-9(3)12-14(20)18(10(5-2)13(19)16-12)7-6-11-15-8-21-17-11/h8-10,12H,4-7H2,1-3H3,(H,16,19). The number of carbonyl (C=O) groups is 2. The third-order valence-electron chi connectivity index (χ3n) is 4.11. The Hall–Kier alpha value is -1.92. The third-order valence-corrected chi connectivity index (χ3v) is 4.11. The van der Waals surface area contributed by atoms with E-state index in [2.05, 4.69) is 20.0 Å². The van der Waals surface area contributed by atoms with Gasteiger partial charge in [-0.1, -0.05) is 32.3 Å². The summed E-state index contributed by atoms with van der Waals surface area (Å²) in [5.41, 5.74) is 0. The van der Waals surface area contributed by atoms with Gasteiger partial charge in [0.2, 0.25) is 18.2 Å². The highest BCUT2D eigenvalue weighted by atomic mass is 16.5. The summed E-state index contributed by atoms with van der Waals surface area (Å²) in [5.74, 6) is 0.575. The van der Waals surface area contributed by atoms with Gasteiger partial charge in [-0.25, -0.2) is 0 Å². The molecule has 3 atom stereocenters. The number of hydrogen-bond donors (Lipinski definition) is 1. The second kappa shape index (κ2) is 6.69. The number of rotatable bonds is 6. The quantitative estimate of drug-likeness (QED) is 0.837. The predicted molar refractivity (Wildman–Crippen MR) is 75.2 cm³/mol. The van der Waals surface area contributed by atoms with Crippen molar-refractivity contribution >= 4 is 11.8 Å². The van der Waals surface area contributed by atoms with Crippen LogP contribution in [0.1, 0.15) is 39.4 Å². The first-order valence-electron chi connectivity index (χ1n) is 7.44. The number of aromatic nitrogens is 2. The fourth-order valence-electron chi connectivity index (χ4n) is 2.60. The summed E-state index contributed by atoms with van der Waals surface area (Å²) in [6.07, 6.45) is 3.18. The highest BCUT2D eigenvalue weighted by molar-refractivity contribution is 5.97. The molecular weight excluding hydrogens is 272 g/mol. The van der Waals surface area contributed by atoms with Crippen molar-refractivity contribution in [3.05, 3.63) is 12.2 Å². The normalized spacial score (nSPS) is 24.0. The maximum Gasteiger partial charge on any atom is 0.246 e. The molecule has 7 nitrogen and oxygen atoms in total. The molecular formula is C14H22N4O3. The van der Waals surface area contributed by atoms with Gasteiger partial charge in [0, 0.05) is 13.0 Å². The first-order chi connectivity index (χ1) is 10.1. The summed E-state index contributed by atoms with van der Waals surface area (Å²) in [6, 6.07) is -0.847. The van der Waals surface area contributed by atoms with Crippen LogP contribution in [-0.4, -0.2) is 45.5 Å². The number of piperazine rings is 1. The van der Waals surface area contributed by atoms with Gasteiger partial charge in [0.15, 0.2) is 5.82 Å². The lowest BCUT2D eigenvalue weighted by molar-refractivity contribution is -0.151. The van der Waals surface area contributed by atoms with E-state index in [0.29, 0.717) is 25.2 Å². The fourth-order valence-corrected chi connectivity index (χ4v) is 2.60. The molecule has 1 aliphatic heterocycles. The zero-order valence-corrected chi connectivity index (χ0v) is 12.7. The van der Waals surface area contributed by atoms with Crippen molar-refractivity contribution in [2.24, 2.45) is 5.92 Å². The van der Waals surface area contributed by atoms with E-state index in [-0.39, 0.29) is 17.7 Å². The number of carbonyl (C=O) groups excluding carboxylic acids is 2. The summed E-state index contributed by atoms with van der Waals surface area (Å²) in [4.78, 5) is 30.5. The van der Waals surface area contributed by atoms with Crippen LogP contribution in [0, 0.1) is 5.92 Å². The van der Waals surface area contributed by atoms with Crippen LogP contribution in [0.4, 0.5) is 0 Å². The van der Waals surface area contributed by atoms with Gasteiger partial charge in [0.05, 0.1) is 0 Å². The highest BCUT2D eigenvalue weighted by Crippen LogP contribution is 2.19. The van der Waals surface area contributed by atoms with Crippen LogP contribution in [0.25, 0.3) is 0 Å². The molecule has 0 aromatic carbocycles. The second-order valence-electron chi connectivity index (χ2n) is 5.42. The predicted octanol–water partition coefficient (Wildman–Crippen LogP) is 0.764. The van der Waals surface area contributed by atoms with Crippen LogP contribution in [0.2, 0.25) is 0 Å². The summed E-state index contributed by atoms with van der Waals surface area (Å²) in [6.45, 7) is 6.33. The lowest BCUT2D eigenvalue weighted by Gasteiger charge is -2.40. The maximum absolute atomic E-state index is 12.6. The largest absolute Gasteiger partial charge is 0.343 e. The lowest BCUT2D eigenvalue weighted by Crippen LogP contribution is -2.65. The molecule has 0 spiro atoms. The van der Waals surface area contributed by atoms with Crippen molar-refractivity contribution in [3.63, 3.8) is 0 Å². The molecule has 0 aliphatic carbocycles. The minimum atomic E-state index is -0.435. The minimum absolute atomic E-state index is 0.0145. The van der Waals surface area contributed by atoms with Gasteiger partial charge in [-0.3, -0.25) is 9.59 Å². The number of nitrogens with zero attached hydrogens (tertiary/aromatic N) is 3. The molecule has 1 saturated heterocycles. The van der Waals surface area contributed by atoms with Crippen molar-refractivity contribution in [2.75, 3.05) is 6.54 Å². The van der Waals surface area contributed by atoms with Crippen molar-refractivity contribution in [1.82, 2.24) is 20.4 Å². The molecule has 0 bridgehead atoms.